The highest BCUT2D eigenvalue weighted by Crippen LogP contribution is 2.16. The first-order valence-corrected chi connectivity index (χ1v) is 7.37. The molecule has 0 aromatic carbocycles. The summed E-state index contributed by atoms with van der Waals surface area (Å²) in [6, 6.07) is 4.51. The Labute approximate surface area is 130 Å². The first-order valence-electron chi connectivity index (χ1n) is 6.50. The van der Waals surface area contributed by atoms with Gasteiger partial charge in [-0.2, -0.15) is 0 Å². The first kappa shape index (κ1) is 16.3. The third kappa shape index (κ3) is 4.20. The Balaban J connectivity index is 2.05. The molecule has 0 aliphatic rings. The van der Waals surface area contributed by atoms with Crippen LogP contribution in [0.1, 0.15) is 21.1 Å². The summed E-state index contributed by atoms with van der Waals surface area (Å²) in [6.07, 6.45) is -2.59. The Hall–Kier alpha value is -2.09. The molecule has 0 bridgehead atoms. The van der Waals surface area contributed by atoms with E-state index in [0.717, 1.165) is 10.6 Å². The average Bonchev–Trinajstić information content (AvgIpc) is 2.90. The zero-order valence-corrected chi connectivity index (χ0v) is 12.9. The molecule has 0 fully saturated rings. The largest absolute Gasteiger partial charge is 0.472 e. The second kappa shape index (κ2) is 7.26. The van der Waals surface area contributed by atoms with E-state index in [4.69, 9.17) is 4.74 Å². The van der Waals surface area contributed by atoms with Crippen LogP contribution in [0.15, 0.2) is 23.7 Å². The average molecular weight is 327 g/mol. The topological polar surface area (TPSA) is 55.3 Å². The SMILES string of the molecule is Cc1ncsc1CN(C)C(=O)c1cccc(OCC(F)F)n1. The lowest BCUT2D eigenvalue weighted by molar-refractivity contribution is 0.0761. The molecular weight excluding hydrogens is 312 g/mol. The predicted octanol–water partition coefficient (Wildman–Crippen LogP) is 2.76. The highest BCUT2D eigenvalue weighted by atomic mass is 32.1. The number of thiazole rings is 1. The number of alkyl halides is 2. The van der Waals surface area contributed by atoms with Crippen molar-refractivity contribution < 1.29 is 18.3 Å². The van der Waals surface area contributed by atoms with Crippen LogP contribution in [0.4, 0.5) is 8.78 Å². The second-order valence-corrected chi connectivity index (χ2v) is 5.52. The second-order valence-electron chi connectivity index (χ2n) is 4.59. The van der Waals surface area contributed by atoms with Crippen molar-refractivity contribution >= 4 is 17.2 Å². The first-order chi connectivity index (χ1) is 10.5. The molecule has 2 heterocycles. The summed E-state index contributed by atoms with van der Waals surface area (Å²) in [5.74, 6) is -0.302. The quantitative estimate of drug-likeness (QED) is 0.819. The maximum Gasteiger partial charge on any atom is 0.272 e. The minimum Gasteiger partial charge on any atom is -0.472 e. The van der Waals surface area contributed by atoms with Gasteiger partial charge in [0.25, 0.3) is 12.3 Å². The summed E-state index contributed by atoms with van der Waals surface area (Å²) in [5, 5.41) is 0. The Morgan fingerprint density at radius 1 is 1.45 bits per heavy atom. The van der Waals surface area contributed by atoms with Crippen LogP contribution < -0.4 is 4.74 Å². The van der Waals surface area contributed by atoms with E-state index in [2.05, 4.69) is 9.97 Å². The molecule has 0 N–H and O–H groups in total. The smallest absolute Gasteiger partial charge is 0.272 e. The van der Waals surface area contributed by atoms with E-state index in [-0.39, 0.29) is 17.5 Å². The lowest BCUT2D eigenvalue weighted by Gasteiger charge is -2.16. The molecule has 0 saturated heterocycles. The van der Waals surface area contributed by atoms with Crippen molar-refractivity contribution in [3.63, 3.8) is 0 Å². The number of aromatic nitrogens is 2. The number of amides is 1. The Morgan fingerprint density at radius 2 is 2.23 bits per heavy atom. The van der Waals surface area contributed by atoms with Crippen LogP contribution in [0.25, 0.3) is 0 Å². The van der Waals surface area contributed by atoms with E-state index in [9.17, 15) is 13.6 Å². The monoisotopic (exact) mass is 327 g/mol. The molecule has 0 saturated carbocycles. The molecule has 0 radical (unpaired) electrons. The molecule has 0 aliphatic carbocycles. The molecule has 1 amide bonds. The summed E-state index contributed by atoms with van der Waals surface area (Å²) in [5.41, 5.74) is 2.75. The van der Waals surface area contributed by atoms with Gasteiger partial charge in [0.15, 0.2) is 6.61 Å². The van der Waals surface area contributed by atoms with Crippen LogP contribution in [0.3, 0.4) is 0 Å². The molecule has 118 valence electrons. The van der Waals surface area contributed by atoms with Crippen molar-refractivity contribution in [3.05, 3.63) is 40.0 Å². The summed E-state index contributed by atoms with van der Waals surface area (Å²) >= 11 is 1.47. The van der Waals surface area contributed by atoms with Crippen LogP contribution in [-0.4, -0.2) is 40.9 Å². The zero-order chi connectivity index (χ0) is 16.1. The van der Waals surface area contributed by atoms with Gasteiger partial charge in [-0.15, -0.1) is 11.3 Å². The number of hydrogen-bond donors (Lipinski definition) is 0. The van der Waals surface area contributed by atoms with Crippen molar-refractivity contribution in [2.45, 2.75) is 19.9 Å². The van der Waals surface area contributed by atoms with Crippen LogP contribution in [-0.2, 0) is 6.54 Å². The number of rotatable bonds is 6. The van der Waals surface area contributed by atoms with Gasteiger partial charge in [-0.3, -0.25) is 4.79 Å². The van der Waals surface area contributed by atoms with E-state index in [0.29, 0.717) is 6.54 Å². The van der Waals surface area contributed by atoms with E-state index < -0.39 is 13.0 Å². The third-order valence-electron chi connectivity index (χ3n) is 2.87. The highest BCUT2D eigenvalue weighted by Gasteiger charge is 2.16. The number of nitrogens with zero attached hydrogens (tertiary/aromatic N) is 3. The number of hydrogen-bond acceptors (Lipinski definition) is 5. The van der Waals surface area contributed by atoms with Crippen molar-refractivity contribution in [3.8, 4) is 5.88 Å². The van der Waals surface area contributed by atoms with Crippen LogP contribution in [0, 0.1) is 6.92 Å². The van der Waals surface area contributed by atoms with Gasteiger partial charge in [0.05, 0.1) is 17.7 Å². The zero-order valence-electron chi connectivity index (χ0n) is 12.1. The number of halogens is 2. The standard InChI is InChI=1S/C14H15F2N3O2S/c1-9-11(22-8-17-9)6-19(2)14(20)10-4-3-5-13(18-10)21-7-12(15)16/h3-5,8,12H,6-7H2,1-2H3. The molecule has 0 spiro atoms. The minimum atomic E-state index is -2.59. The van der Waals surface area contributed by atoms with E-state index in [1.807, 2.05) is 6.92 Å². The van der Waals surface area contributed by atoms with Crippen molar-refractivity contribution in [1.82, 2.24) is 14.9 Å². The maximum absolute atomic E-state index is 12.3. The summed E-state index contributed by atoms with van der Waals surface area (Å²) in [4.78, 5) is 22.9. The van der Waals surface area contributed by atoms with Gasteiger partial charge in [-0.25, -0.2) is 18.7 Å². The Bertz CT molecular complexity index is 649. The molecule has 2 rings (SSSR count). The lowest BCUT2D eigenvalue weighted by Crippen LogP contribution is -2.27. The van der Waals surface area contributed by atoms with Gasteiger partial charge in [0, 0.05) is 18.0 Å². The maximum atomic E-state index is 12.3. The lowest BCUT2D eigenvalue weighted by atomic mass is 10.3. The van der Waals surface area contributed by atoms with E-state index in [1.54, 1.807) is 18.6 Å². The molecule has 2 aromatic rings. The summed E-state index contributed by atoms with van der Waals surface area (Å²) in [6.45, 7) is 1.54. The van der Waals surface area contributed by atoms with Gasteiger partial charge in [0.1, 0.15) is 5.69 Å². The fourth-order valence-electron chi connectivity index (χ4n) is 1.72. The van der Waals surface area contributed by atoms with Crippen LogP contribution in [0.2, 0.25) is 0 Å². The van der Waals surface area contributed by atoms with Crippen LogP contribution >= 0.6 is 11.3 Å². The van der Waals surface area contributed by atoms with Crippen LogP contribution in [0.5, 0.6) is 5.88 Å². The molecule has 5 nitrogen and oxygen atoms in total. The molecule has 0 aliphatic heterocycles. The number of carbonyl (C=O) groups is 1. The summed E-state index contributed by atoms with van der Waals surface area (Å²) in [7, 11) is 1.65. The van der Waals surface area contributed by atoms with Crippen molar-refractivity contribution in [1.29, 1.82) is 0 Å². The van der Waals surface area contributed by atoms with Gasteiger partial charge < -0.3 is 9.64 Å². The molecular formula is C14H15F2N3O2S. The Kier molecular flexibility index (Phi) is 5.37. The number of ether oxygens (including phenoxy) is 1. The summed E-state index contributed by atoms with van der Waals surface area (Å²) < 4.78 is 29.1. The van der Waals surface area contributed by atoms with Gasteiger partial charge in [-0.05, 0) is 13.0 Å². The fourth-order valence-corrected chi connectivity index (χ4v) is 2.55. The van der Waals surface area contributed by atoms with Gasteiger partial charge >= 0.3 is 0 Å². The van der Waals surface area contributed by atoms with Crippen molar-refractivity contribution in [2.24, 2.45) is 0 Å². The van der Waals surface area contributed by atoms with Crippen molar-refractivity contribution in [2.75, 3.05) is 13.7 Å². The predicted molar refractivity (Wildman–Crippen MR) is 78.4 cm³/mol. The van der Waals surface area contributed by atoms with Gasteiger partial charge in [0.2, 0.25) is 5.88 Å². The fraction of sp³-hybridized carbons (Fsp3) is 0.357. The molecule has 0 unspecified atom stereocenters. The molecule has 22 heavy (non-hydrogen) atoms. The molecule has 8 heteroatoms. The Morgan fingerprint density at radius 3 is 2.86 bits per heavy atom. The van der Waals surface area contributed by atoms with E-state index >= 15 is 0 Å². The van der Waals surface area contributed by atoms with E-state index in [1.165, 1.54) is 28.4 Å². The third-order valence-corrected chi connectivity index (χ3v) is 3.79. The van der Waals surface area contributed by atoms with Gasteiger partial charge in [-0.1, -0.05) is 6.07 Å². The number of carbonyl (C=O) groups excluding carboxylic acids is 1. The molecule has 0 atom stereocenters. The highest BCUT2D eigenvalue weighted by molar-refractivity contribution is 7.09. The number of aryl methyl sites for hydroxylation is 1. The number of pyridine rings is 1. The molecule has 2 aromatic heterocycles. The minimum absolute atomic E-state index is 0.00789. The normalized spacial score (nSPS) is 10.8.